The SMILES string of the molecule is CC(C)=C(N1CCOCC1)n1nnc2cccc(C(O)c3cccc(C)c3)c21. The second-order valence-electron chi connectivity index (χ2n) is 7.46. The maximum Gasteiger partial charge on any atom is 0.131 e. The van der Waals surface area contributed by atoms with E-state index in [1.54, 1.807) is 0 Å². The minimum absolute atomic E-state index is 0.697. The highest BCUT2D eigenvalue weighted by Gasteiger charge is 2.23. The van der Waals surface area contributed by atoms with Gasteiger partial charge in [0.15, 0.2) is 0 Å². The molecule has 0 aliphatic carbocycles. The third kappa shape index (κ3) is 3.41. The topological polar surface area (TPSA) is 63.4 Å². The van der Waals surface area contributed by atoms with Crippen molar-refractivity contribution in [1.82, 2.24) is 19.9 Å². The van der Waals surface area contributed by atoms with E-state index in [9.17, 15) is 5.11 Å². The Hall–Kier alpha value is -2.70. The van der Waals surface area contributed by atoms with Crippen molar-refractivity contribution in [2.24, 2.45) is 0 Å². The second kappa shape index (κ2) is 7.73. The minimum atomic E-state index is -0.746. The number of hydrogen-bond acceptors (Lipinski definition) is 5. The van der Waals surface area contributed by atoms with E-state index >= 15 is 0 Å². The number of aliphatic hydroxyl groups excluding tert-OH is 1. The number of nitrogens with zero attached hydrogens (tertiary/aromatic N) is 4. The van der Waals surface area contributed by atoms with Crippen molar-refractivity contribution in [3.05, 3.63) is 64.7 Å². The molecule has 146 valence electrons. The van der Waals surface area contributed by atoms with Crippen LogP contribution in [0, 0.1) is 6.92 Å². The molecule has 4 rings (SSSR count). The van der Waals surface area contributed by atoms with E-state index in [0.717, 1.165) is 52.2 Å². The number of aliphatic hydroxyl groups is 1. The standard InChI is InChI=1S/C22H26N4O2/c1-15(2)22(25-10-12-28-13-11-25)26-20-18(8-5-9-19(20)23-24-26)21(27)17-7-4-6-16(3)14-17/h4-9,14,21,27H,10-13H2,1-3H3. The lowest BCUT2D eigenvalue weighted by Gasteiger charge is -2.32. The molecule has 0 radical (unpaired) electrons. The largest absolute Gasteiger partial charge is 0.384 e. The van der Waals surface area contributed by atoms with E-state index in [0.29, 0.717) is 13.2 Å². The molecule has 6 heteroatoms. The maximum absolute atomic E-state index is 11.2. The van der Waals surface area contributed by atoms with Gasteiger partial charge in [0.1, 0.15) is 23.0 Å². The lowest BCUT2D eigenvalue weighted by Crippen LogP contribution is -2.37. The monoisotopic (exact) mass is 378 g/mol. The van der Waals surface area contributed by atoms with Crippen LogP contribution in [-0.4, -0.2) is 51.3 Å². The van der Waals surface area contributed by atoms with E-state index in [1.807, 2.05) is 54.1 Å². The van der Waals surface area contributed by atoms with E-state index < -0.39 is 6.10 Å². The molecular formula is C22H26N4O2. The van der Waals surface area contributed by atoms with Gasteiger partial charge in [-0.25, -0.2) is 0 Å². The molecule has 0 bridgehead atoms. The van der Waals surface area contributed by atoms with Crippen LogP contribution in [0.3, 0.4) is 0 Å². The number of fused-ring (bicyclic) bond motifs is 1. The Morgan fingerprint density at radius 3 is 2.57 bits per heavy atom. The first-order valence-electron chi connectivity index (χ1n) is 9.66. The van der Waals surface area contributed by atoms with E-state index in [1.165, 1.54) is 0 Å². The number of rotatable bonds is 4. The summed E-state index contributed by atoms with van der Waals surface area (Å²) in [6, 6.07) is 13.8. The summed E-state index contributed by atoms with van der Waals surface area (Å²) in [6.07, 6.45) is -0.746. The Morgan fingerprint density at radius 2 is 1.86 bits per heavy atom. The molecule has 28 heavy (non-hydrogen) atoms. The molecule has 3 aromatic rings. The molecule has 2 heterocycles. The van der Waals surface area contributed by atoms with Gasteiger partial charge in [-0.2, -0.15) is 4.68 Å². The van der Waals surface area contributed by atoms with Gasteiger partial charge >= 0.3 is 0 Å². The summed E-state index contributed by atoms with van der Waals surface area (Å²) in [5.41, 5.74) is 5.56. The summed E-state index contributed by atoms with van der Waals surface area (Å²) >= 11 is 0. The van der Waals surface area contributed by atoms with Crippen LogP contribution in [0.2, 0.25) is 0 Å². The van der Waals surface area contributed by atoms with E-state index in [-0.39, 0.29) is 0 Å². The summed E-state index contributed by atoms with van der Waals surface area (Å²) in [5, 5.41) is 20.0. The van der Waals surface area contributed by atoms with E-state index in [4.69, 9.17) is 4.74 Å². The molecule has 1 aliphatic rings. The smallest absolute Gasteiger partial charge is 0.131 e. The number of benzene rings is 2. The highest BCUT2D eigenvalue weighted by molar-refractivity contribution is 5.82. The third-order valence-electron chi connectivity index (χ3n) is 5.11. The maximum atomic E-state index is 11.2. The number of ether oxygens (including phenoxy) is 1. The molecule has 0 saturated carbocycles. The lowest BCUT2D eigenvalue weighted by atomic mass is 9.99. The average Bonchev–Trinajstić information content (AvgIpc) is 3.12. The average molecular weight is 378 g/mol. The van der Waals surface area contributed by atoms with Gasteiger partial charge in [0, 0.05) is 18.7 Å². The van der Waals surface area contributed by atoms with Crippen LogP contribution >= 0.6 is 0 Å². The number of hydrogen-bond donors (Lipinski definition) is 1. The number of para-hydroxylation sites is 1. The van der Waals surface area contributed by atoms with Crippen LogP contribution in [0.1, 0.15) is 36.6 Å². The Kier molecular flexibility index (Phi) is 5.15. The number of aromatic nitrogens is 3. The Labute approximate surface area is 165 Å². The predicted molar refractivity (Wildman–Crippen MR) is 110 cm³/mol. The van der Waals surface area contributed by atoms with Crippen molar-refractivity contribution < 1.29 is 9.84 Å². The molecule has 1 unspecified atom stereocenters. The van der Waals surface area contributed by atoms with Crippen LogP contribution in [-0.2, 0) is 4.74 Å². The predicted octanol–water partition coefficient (Wildman–Crippen LogP) is 3.36. The van der Waals surface area contributed by atoms with Crippen LogP contribution in [0.25, 0.3) is 16.9 Å². The van der Waals surface area contributed by atoms with Crippen molar-refractivity contribution in [1.29, 1.82) is 0 Å². The zero-order valence-electron chi connectivity index (χ0n) is 16.6. The third-order valence-corrected chi connectivity index (χ3v) is 5.11. The first kappa shape index (κ1) is 18.7. The molecule has 0 spiro atoms. The van der Waals surface area contributed by atoms with Crippen molar-refractivity contribution >= 4 is 16.9 Å². The zero-order chi connectivity index (χ0) is 19.7. The Balaban J connectivity index is 1.86. The van der Waals surface area contributed by atoms with Crippen LogP contribution in [0.4, 0.5) is 0 Å². The normalized spacial score (nSPS) is 15.6. The second-order valence-corrected chi connectivity index (χ2v) is 7.46. The quantitative estimate of drug-likeness (QED) is 0.754. The van der Waals surface area contributed by atoms with Crippen LogP contribution in [0.15, 0.2) is 48.0 Å². The number of aryl methyl sites for hydroxylation is 1. The van der Waals surface area contributed by atoms with Crippen molar-refractivity contribution in [3.8, 4) is 0 Å². The molecule has 1 aromatic heterocycles. The highest BCUT2D eigenvalue weighted by atomic mass is 16.5. The van der Waals surface area contributed by atoms with Gasteiger partial charge in [-0.05, 0) is 38.0 Å². The van der Waals surface area contributed by atoms with E-state index in [2.05, 4.69) is 29.1 Å². The molecule has 0 amide bonds. The van der Waals surface area contributed by atoms with Crippen molar-refractivity contribution in [2.75, 3.05) is 26.3 Å². The molecule has 1 N–H and O–H groups in total. The first-order valence-corrected chi connectivity index (χ1v) is 9.66. The van der Waals surface area contributed by atoms with Gasteiger partial charge in [0.25, 0.3) is 0 Å². The van der Waals surface area contributed by atoms with Gasteiger partial charge in [-0.15, -0.1) is 5.10 Å². The highest BCUT2D eigenvalue weighted by Crippen LogP contribution is 2.31. The number of allylic oxidation sites excluding steroid dienone is 1. The molecule has 1 fully saturated rings. The summed E-state index contributed by atoms with van der Waals surface area (Å²) in [7, 11) is 0. The minimum Gasteiger partial charge on any atom is -0.384 e. The molecule has 2 aromatic carbocycles. The van der Waals surface area contributed by atoms with Gasteiger partial charge in [-0.1, -0.05) is 47.2 Å². The Bertz CT molecular complexity index is 1010. The molecule has 1 saturated heterocycles. The summed E-state index contributed by atoms with van der Waals surface area (Å²) < 4.78 is 7.40. The fraction of sp³-hybridized carbons (Fsp3) is 0.364. The van der Waals surface area contributed by atoms with Gasteiger partial charge in [0.2, 0.25) is 0 Å². The Morgan fingerprint density at radius 1 is 1.11 bits per heavy atom. The fourth-order valence-corrected chi connectivity index (χ4v) is 3.82. The van der Waals surface area contributed by atoms with Crippen LogP contribution < -0.4 is 0 Å². The summed E-state index contributed by atoms with van der Waals surface area (Å²) in [6.45, 7) is 9.21. The number of morpholine rings is 1. The molecule has 1 aliphatic heterocycles. The summed E-state index contributed by atoms with van der Waals surface area (Å²) in [5.74, 6) is 1.01. The molecule has 1 atom stereocenters. The lowest BCUT2D eigenvalue weighted by molar-refractivity contribution is 0.0609. The first-order chi connectivity index (χ1) is 13.6. The van der Waals surface area contributed by atoms with Gasteiger partial charge in [0.05, 0.1) is 13.2 Å². The summed E-state index contributed by atoms with van der Waals surface area (Å²) in [4.78, 5) is 2.28. The zero-order valence-corrected chi connectivity index (χ0v) is 16.6. The molecule has 6 nitrogen and oxygen atoms in total. The van der Waals surface area contributed by atoms with Crippen molar-refractivity contribution in [3.63, 3.8) is 0 Å². The fourth-order valence-electron chi connectivity index (χ4n) is 3.82. The molecular weight excluding hydrogens is 352 g/mol. The van der Waals surface area contributed by atoms with Gasteiger partial charge in [-0.3, -0.25) is 0 Å². The van der Waals surface area contributed by atoms with Crippen molar-refractivity contribution in [2.45, 2.75) is 26.9 Å². The van der Waals surface area contributed by atoms with Crippen LogP contribution in [0.5, 0.6) is 0 Å². The van der Waals surface area contributed by atoms with Gasteiger partial charge < -0.3 is 14.7 Å².